The number of aryl methyl sites for hydroxylation is 7. The highest BCUT2D eigenvalue weighted by Gasteiger charge is 2.30. The Balaban J connectivity index is 2.08. The summed E-state index contributed by atoms with van der Waals surface area (Å²) < 4.78 is 0. The third-order valence-electron chi connectivity index (χ3n) is 6.18. The lowest BCUT2D eigenvalue weighted by atomic mass is 9.33. The van der Waals surface area contributed by atoms with Crippen LogP contribution in [0.3, 0.4) is 0 Å². The number of hydrogen-bond acceptors (Lipinski definition) is 2. The summed E-state index contributed by atoms with van der Waals surface area (Å²) in [6.45, 7) is 15.7. The Kier molecular flexibility index (Phi) is 5.90. The average molecular weight is 423 g/mol. The maximum atomic E-state index is 4.75. The molecule has 0 saturated carbocycles. The van der Waals surface area contributed by atoms with Crippen LogP contribution in [0, 0.1) is 48.5 Å². The van der Waals surface area contributed by atoms with E-state index in [2.05, 4.69) is 97.0 Å². The first-order valence-electron chi connectivity index (χ1n) is 10.9. The van der Waals surface area contributed by atoms with Crippen LogP contribution < -0.4 is 16.4 Å². The van der Waals surface area contributed by atoms with E-state index in [1.807, 2.05) is 6.20 Å². The number of rotatable bonds is 4. The predicted molar refractivity (Wildman–Crippen MR) is 138 cm³/mol. The van der Waals surface area contributed by atoms with Gasteiger partial charge < -0.3 is 0 Å². The van der Waals surface area contributed by atoms with Gasteiger partial charge in [-0.05, 0) is 48.5 Å². The first kappa shape index (κ1) is 21.6. The fourth-order valence-corrected chi connectivity index (χ4v) is 5.98. The van der Waals surface area contributed by atoms with Crippen LogP contribution in [0.5, 0.6) is 0 Å². The molecule has 3 heteroatoms. The molecule has 0 fully saturated rings. The van der Waals surface area contributed by atoms with Gasteiger partial charge >= 0.3 is 0 Å². The van der Waals surface area contributed by atoms with Gasteiger partial charge in [0.2, 0.25) is 6.71 Å². The van der Waals surface area contributed by atoms with Crippen molar-refractivity contribution in [1.82, 2.24) is 4.98 Å². The molecule has 0 saturated heterocycles. The first-order valence-corrected chi connectivity index (χ1v) is 11.7. The second kappa shape index (κ2) is 8.47. The zero-order chi connectivity index (χ0) is 22.3. The summed E-state index contributed by atoms with van der Waals surface area (Å²) in [6, 6.07) is 18.1. The average Bonchev–Trinajstić information content (AvgIpc) is 3.11. The quantitative estimate of drug-likeness (QED) is 0.396. The van der Waals surface area contributed by atoms with Crippen molar-refractivity contribution in [2.45, 2.75) is 48.5 Å². The summed E-state index contributed by atoms with van der Waals surface area (Å²) >= 11 is 1.77. The van der Waals surface area contributed by atoms with Crippen LogP contribution in [0.1, 0.15) is 38.3 Å². The van der Waals surface area contributed by atoms with Crippen molar-refractivity contribution in [3.8, 4) is 10.6 Å². The van der Waals surface area contributed by atoms with E-state index < -0.39 is 0 Å². The third-order valence-corrected chi connectivity index (χ3v) is 7.12. The summed E-state index contributed by atoms with van der Waals surface area (Å²) in [5.41, 5.74) is 13.5. The molecule has 0 spiro atoms. The summed E-state index contributed by atoms with van der Waals surface area (Å²) in [5.74, 6) is 0. The first-order chi connectivity index (χ1) is 14.8. The van der Waals surface area contributed by atoms with Crippen molar-refractivity contribution in [1.29, 1.82) is 0 Å². The van der Waals surface area contributed by atoms with E-state index in [9.17, 15) is 0 Å². The maximum absolute atomic E-state index is 4.75. The van der Waals surface area contributed by atoms with Gasteiger partial charge in [0.05, 0.1) is 0 Å². The molecule has 1 aromatic heterocycles. The van der Waals surface area contributed by atoms with E-state index in [1.54, 1.807) is 11.3 Å². The molecule has 0 aliphatic rings. The summed E-state index contributed by atoms with van der Waals surface area (Å²) in [7, 11) is 0. The fraction of sp³-hybridized carbons (Fsp3) is 0.250. The topological polar surface area (TPSA) is 12.9 Å². The molecule has 0 amide bonds. The Morgan fingerprint density at radius 1 is 0.677 bits per heavy atom. The van der Waals surface area contributed by atoms with Crippen molar-refractivity contribution >= 4 is 34.4 Å². The van der Waals surface area contributed by atoms with Gasteiger partial charge in [-0.2, -0.15) is 0 Å². The minimum absolute atomic E-state index is 0.168. The molecule has 0 unspecified atom stereocenters. The van der Waals surface area contributed by atoms with Crippen LogP contribution >= 0.6 is 11.3 Å². The molecule has 0 aliphatic carbocycles. The van der Waals surface area contributed by atoms with Gasteiger partial charge in [-0.3, -0.25) is 0 Å². The molecule has 1 nitrogen and oxygen atoms in total. The number of hydrogen-bond donors (Lipinski definition) is 0. The lowest BCUT2D eigenvalue weighted by Crippen LogP contribution is -2.56. The predicted octanol–water partition coefficient (Wildman–Crippen LogP) is 5.49. The highest BCUT2D eigenvalue weighted by molar-refractivity contribution is 7.15. The Morgan fingerprint density at radius 2 is 1.16 bits per heavy atom. The van der Waals surface area contributed by atoms with Crippen LogP contribution in [-0.4, -0.2) is 11.7 Å². The normalized spacial score (nSPS) is 11.1. The van der Waals surface area contributed by atoms with Crippen molar-refractivity contribution in [2.75, 3.05) is 0 Å². The lowest BCUT2D eigenvalue weighted by molar-refractivity contribution is 1.34. The smallest absolute Gasteiger partial charge is 0.243 e. The number of benzene rings is 3. The molecule has 3 aromatic carbocycles. The van der Waals surface area contributed by atoms with Crippen molar-refractivity contribution in [3.63, 3.8) is 0 Å². The summed E-state index contributed by atoms with van der Waals surface area (Å²) in [5, 5.41) is 1.10. The highest BCUT2D eigenvalue weighted by atomic mass is 32.1. The minimum atomic E-state index is 0.168. The molecule has 4 rings (SSSR count). The molecule has 0 radical (unpaired) electrons. The van der Waals surface area contributed by atoms with Crippen LogP contribution in [0.15, 0.2) is 54.7 Å². The van der Waals surface area contributed by atoms with Crippen molar-refractivity contribution in [2.24, 2.45) is 0 Å². The van der Waals surface area contributed by atoms with E-state index in [4.69, 9.17) is 4.98 Å². The summed E-state index contributed by atoms with van der Waals surface area (Å²) in [6.07, 6.45) is 1.98. The van der Waals surface area contributed by atoms with Gasteiger partial charge in [0.25, 0.3) is 0 Å². The second-order valence-corrected chi connectivity index (χ2v) is 10.2. The second-order valence-electron chi connectivity index (χ2n) is 8.92. The Hall–Kier alpha value is -2.65. The number of nitrogens with zero attached hydrogens (tertiary/aromatic N) is 1. The molecule has 1 heterocycles. The van der Waals surface area contributed by atoms with Crippen LogP contribution in [-0.2, 0) is 0 Å². The molecule has 0 bridgehead atoms. The van der Waals surface area contributed by atoms with Gasteiger partial charge in [-0.25, -0.2) is 4.98 Å². The van der Waals surface area contributed by atoms with Gasteiger partial charge in [-0.15, -0.1) is 11.3 Å². The Morgan fingerprint density at radius 3 is 1.61 bits per heavy atom. The van der Waals surface area contributed by atoms with E-state index >= 15 is 0 Å². The highest BCUT2D eigenvalue weighted by Crippen LogP contribution is 2.24. The van der Waals surface area contributed by atoms with Crippen molar-refractivity contribution < 1.29 is 0 Å². The minimum Gasteiger partial charge on any atom is -0.244 e. The summed E-state index contributed by atoms with van der Waals surface area (Å²) in [4.78, 5) is 6.00. The van der Waals surface area contributed by atoms with Crippen LogP contribution in [0.2, 0.25) is 0 Å². The Bertz CT molecular complexity index is 1160. The molecule has 4 aromatic rings. The zero-order valence-electron chi connectivity index (χ0n) is 19.6. The lowest BCUT2D eigenvalue weighted by Gasteiger charge is -2.26. The van der Waals surface area contributed by atoms with E-state index in [-0.39, 0.29) is 6.71 Å². The molecular formula is C28H30BNS. The van der Waals surface area contributed by atoms with Crippen LogP contribution in [0.25, 0.3) is 10.6 Å². The van der Waals surface area contributed by atoms with E-state index in [1.165, 1.54) is 60.2 Å². The van der Waals surface area contributed by atoms with Gasteiger partial charge in [0, 0.05) is 16.6 Å². The van der Waals surface area contributed by atoms with Gasteiger partial charge in [0.1, 0.15) is 5.01 Å². The molecule has 0 atom stereocenters. The molecule has 0 N–H and O–H groups in total. The van der Waals surface area contributed by atoms with E-state index in [0.717, 1.165) is 5.01 Å². The molecular weight excluding hydrogens is 393 g/mol. The van der Waals surface area contributed by atoms with Crippen LogP contribution in [0.4, 0.5) is 0 Å². The Labute approximate surface area is 191 Å². The standard InChI is InChI=1S/C28H30BNS/c1-17-12-19(3)26(20(4)13-17)29(27-21(5)14-18(2)15-22(27)6)25-11-9-8-10-24(25)28-30-16-23(7)31-28/h8-16H,1-7H3. The maximum Gasteiger partial charge on any atom is 0.243 e. The SMILES string of the molecule is Cc1cc(C)c(B(c2ccccc2-c2ncc(C)s2)c2c(C)cc(C)cc2C)c(C)c1. The zero-order valence-corrected chi connectivity index (χ0v) is 20.4. The monoisotopic (exact) mass is 423 g/mol. The largest absolute Gasteiger partial charge is 0.244 e. The molecule has 156 valence electrons. The third kappa shape index (κ3) is 4.12. The number of thiazole rings is 1. The van der Waals surface area contributed by atoms with Gasteiger partial charge in [-0.1, -0.05) is 98.3 Å². The van der Waals surface area contributed by atoms with E-state index in [0.29, 0.717) is 0 Å². The van der Waals surface area contributed by atoms with Gasteiger partial charge in [0.15, 0.2) is 0 Å². The number of aromatic nitrogens is 1. The fourth-order valence-electron chi connectivity index (χ4n) is 5.17. The molecule has 0 aliphatic heterocycles. The van der Waals surface area contributed by atoms with Crippen molar-refractivity contribution in [3.05, 3.63) is 93.0 Å². The molecule has 31 heavy (non-hydrogen) atoms.